The van der Waals surface area contributed by atoms with Gasteiger partial charge in [-0.25, -0.2) is 0 Å². The van der Waals surface area contributed by atoms with Crippen molar-refractivity contribution >= 4 is 28.8 Å². The van der Waals surface area contributed by atoms with Crippen molar-refractivity contribution in [3.63, 3.8) is 0 Å². The molecule has 1 saturated carbocycles. The number of likely N-dealkylation sites (tertiary alicyclic amines) is 1. The molecule has 0 atom stereocenters. The summed E-state index contributed by atoms with van der Waals surface area (Å²) in [6, 6.07) is 12.3. The number of nitrogens with zero attached hydrogens (tertiary/aromatic N) is 2. The number of amides is 2. The number of anilines is 1. The zero-order valence-corrected chi connectivity index (χ0v) is 19.2. The van der Waals surface area contributed by atoms with Crippen LogP contribution < -0.4 is 5.32 Å². The van der Waals surface area contributed by atoms with E-state index >= 15 is 0 Å². The van der Waals surface area contributed by atoms with E-state index in [1.807, 2.05) is 36.7 Å². The molecule has 2 fully saturated rings. The molecule has 5 nitrogen and oxygen atoms in total. The predicted octanol–water partition coefficient (Wildman–Crippen LogP) is 5.00. The summed E-state index contributed by atoms with van der Waals surface area (Å²) in [6.07, 6.45) is 8.03. The molecule has 1 aliphatic carbocycles. The largest absolute Gasteiger partial charge is 0.343 e. The van der Waals surface area contributed by atoms with Crippen LogP contribution in [0.1, 0.15) is 60.2 Å². The molecule has 0 spiro atoms. The quantitative estimate of drug-likeness (QED) is 0.689. The van der Waals surface area contributed by atoms with E-state index in [9.17, 15) is 9.59 Å². The molecule has 31 heavy (non-hydrogen) atoms. The molecule has 0 radical (unpaired) electrons. The standard InChI is InChI=1S/C25H33N3O2S/c1-27(22-9-3-2-4-10-22)25(30)20-12-14-28(15-13-20)18-19-7-5-8-21(17-19)26-24(29)23-11-6-16-31-23/h5-8,11,16-17,20,22H,2-4,9-10,12-15,18H2,1H3,(H,26,29). The molecule has 2 aromatic rings. The molecule has 4 rings (SSSR count). The highest BCUT2D eigenvalue weighted by molar-refractivity contribution is 7.12. The Kier molecular flexibility index (Phi) is 7.41. The predicted molar refractivity (Wildman–Crippen MR) is 126 cm³/mol. The number of hydrogen-bond acceptors (Lipinski definition) is 4. The number of nitrogens with one attached hydrogen (secondary N) is 1. The smallest absolute Gasteiger partial charge is 0.265 e. The molecule has 1 aromatic carbocycles. The SMILES string of the molecule is CN(C(=O)C1CCN(Cc2cccc(NC(=O)c3cccs3)c2)CC1)C1CCCCC1. The van der Waals surface area contributed by atoms with Crippen molar-refractivity contribution in [3.05, 3.63) is 52.2 Å². The van der Waals surface area contributed by atoms with Gasteiger partial charge in [-0.05, 0) is 67.9 Å². The monoisotopic (exact) mass is 439 g/mol. The summed E-state index contributed by atoms with van der Waals surface area (Å²) in [5.74, 6) is 0.456. The fourth-order valence-corrected chi connectivity index (χ4v) is 5.50. The highest BCUT2D eigenvalue weighted by Gasteiger charge is 2.30. The number of carbonyl (C=O) groups excluding carboxylic acids is 2. The van der Waals surface area contributed by atoms with Gasteiger partial charge in [0, 0.05) is 31.2 Å². The van der Waals surface area contributed by atoms with Gasteiger partial charge in [0.25, 0.3) is 5.91 Å². The molecule has 2 aliphatic rings. The number of benzene rings is 1. The summed E-state index contributed by atoms with van der Waals surface area (Å²) in [5, 5.41) is 4.90. The molecule has 1 aromatic heterocycles. The van der Waals surface area contributed by atoms with E-state index in [1.54, 1.807) is 0 Å². The third-order valence-corrected chi connectivity index (χ3v) is 7.61. The first kappa shape index (κ1) is 22.0. The molecule has 0 unspecified atom stereocenters. The first-order valence-electron chi connectivity index (χ1n) is 11.5. The zero-order chi connectivity index (χ0) is 21.6. The lowest BCUT2D eigenvalue weighted by Crippen LogP contribution is -2.45. The Balaban J connectivity index is 1.27. The van der Waals surface area contributed by atoms with E-state index in [0.29, 0.717) is 11.9 Å². The zero-order valence-electron chi connectivity index (χ0n) is 18.4. The Labute approximate surface area is 189 Å². The minimum Gasteiger partial charge on any atom is -0.343 e. The van der Waals surface area contributed by atoms with Crippen LogP contribution in [0.5, 0.6) is 0 Å². The molecule has 1 aliphatic heterocycles. The molecular formula is C25H33N3O2S. The van der Waals surface area contributed by atoms with Crippen LogP contribution in [0.2, 0.25) is 0 Å². The lowest BCUT2D eigenvalue weighted by molar-refractivity contribution is -0.138. The van der Waals surface area contributed by atoms with Crippen molar-refractivity contribution < 1.29 is 9.59 Å². The van der Waals surface area contributed by atoms with Crippen molar-refractivity contribution in [2.24, 2.45) is 5.92 Å². The van der Waals surface area contributed by atoms with Crippen molar-refractivity contribution in [2.45, 2.75) is 57.5 Å². The van der Waals surface area contributed by atoms with Gasteiger partial charge in [0.2, 0.25) is 5.91 Å². The minimum absolute atomic E-state index is 0.0615. The summed E-state index contributed by atoms with van der Waals surface area (Å²) in [5.41, 5.74) is 2.02. The van der Waals surface area contributed by atoms with Crippen molar-refractivity contribution in [3.8, 4) is 0 Å². The topological polar surface area (TPSA) is 52.7 Å². The van der Waals surface area contributed by atoms with Gasteiger partial charge in [0.05, 0.1) is 4.88 Å². The maximum absolute atomic E-state index is 13.0. The molecule has 1 N–H and O–H groups in total. The van der Waals surface area contributed by atoms with Gasteiger partial charge in [0.1, 0.15) is 0 Å². The molecule has 1 saturated heterocycles. The summed E-state index contributed by atoms with van der Waals surface area (Å²) in [7, 11) is 2.01. The number of hydrogen-bond donors (Lipinski definition) is 1. The van der Waals surface area contributed by atoms with Crippen LogP contribution in [0.25, 0.3) is 0 Å². The summed E-state index contributed by atoms with van der Waals surface area (Å²) < 4.78 is 0. The van der Waals surface area contributed by atoms with Crippen LogP contribution >= 0.6 is 11.3 Å². The Morgan fingerprint density at radius 2 is 1.84 bits per heavy atom. The van der Waals surface area contributed by atoms with E-state index in [4.69, 9.17) is 0 Å². The number of rotatable bonds is 6. The average molecular weight is 440 g/mol. The van der Waals surface area contributed by atoms with E-state index in [-0.39, 0.29) is 11.8 Å². The summed E-state index contributed by atoms with van der Waals surface area (Å²) in [6.45, 7) is 2.74. The highest BCUT2D eigenvalue weighted by Crippen LogP contribution is 2.26. The van der Waals surface area contributed by atoms with E-state index < -0.39 is 0 Å². The Morgan fingerprint density at radius 1 is 1.06 bits per heavy atom. The van der Waals surface area contributed by atoms with Gasteiger partial charge in [-0.2, -0.15) is 0 Å². The minimum atomic E-state index is -0.0615. The van der Waals surface area contributed by atoms with Gasteiger partial charge in [0.15, 0.2) is 0 Å². The van der Waals surface area contributed by atoms with Crippen LogP contribution in [0.15, 0.2) is 41.8 Å². The van der Waals surface area contributed by atoms with Gasteiger partial charge in [-0.15, -0.1) is 11.3 Å². The van der Waals surface area contributed by atoms with Crippen LogP contribution in [-0.2, 0) is 11.3 Å². The van der Waals surface area contributed by atoms with Crippen LogP contribution in [-0.4, -0.2) is 47.8 Å². The fraction of sp³-hybridized carbons (Fsp3) is 0.520. The maximum Gasteiger partial charge on any atom is 0.265 e. The average Bonchev–Trinajstić information content (AvgIpc) is 3.35. The van der Waals surface area contributed by atoms with E-state index in [0.717, 1.165) is 43.0 Å². The molecular weight excluding hydrogens is 406 g/mol. The Hall–Kier alpha value is -2.18. The van der Waals surface area contributed by atoms with Gasteiger partial charge < -0.3 is 10.2 Å². The summed E-state index contributed by atoms with van der Waals surface area (Å²) in [4.78, 5) is 30.5. The van der Waals surface area contributed by atoms with Crippen LogP contribution in [0, 0.1) is 5.92 Å². The van der Waals surface area contributed by atoms with Crippen molar-refractivity contribution in [1.29, 1.82) is 0 Å². The van der Waals surface area contributed by atoms with E-state index in [2.05, 4.69) is 27.2 Å². The van der Waals surface area contributed by atoms with Gasteiger partial charge in [-0.1, -0.05) is 37.5 Å². The fourth-order valence-electron chi connectivity index (χ4n) is 4.88. The normalized spacial score (nSPS) is 18.6. The second-order valence-electron chi connectivity index (χ2n) is 8.92. The van der Waals surface area contributed by atoms with E-state index in [1.165, 1.54) is 49.0 Å². The Morgan fingerprint density at radius 3 is 2.55 bits per heavy atom. The first-order chi connectivity index (χ1) is 15.1. The summed E-state index contributed by atoms with van der Waals surface area (Å²) >= 11 is 1.45. The number of piperidine rings is 1. The lowest BCUT2D eigenvalue weighted by Gasteiger charge is -2.37. The third-order valence-electron chi connectivity index (χ3n) is 6.74. The second-order valence-corrected chi connectivity index (χ2v) is 9.87. The van der Waals surface area contributed by atoms with Crippen LogP contribution in [0.3, 0.4) is 0 Å². The first-order valence-corrected chi connectivity index (χ1v) is 12.4. The lowest BCUT2D eigenvalue weighted by atomic mass is 9.91. The van der Waals surface area contributed by atoms with Crippen LogP contribution in [0.4, 0.5) is 5.69 Å². The molecule has 166 valence electrons. The molecule has 0 bridgehead atoms. The Bertz CT molecular complexity index is 869. The number of carbonyl (C=O) groups is 2. The highest BCUT2D eigenvalue weighted by atomic mass is 32.1. The molecule has 2 heterocycles. The van der Waals surface area contributed by atoms with Crippen molar-refractivity contribution in [1.82, 2.24) is 9.80 Å². The second kappa shape index (κ2) is 10.4. The maximum atomic E-state index is 13.0. The van der Waals surface area contributed by atoms with Gasteiger partial charge >= 0.3 is 0 Å². The molecule has 2 amide bonds. The van der Waals surface area contributed by atoms with Gasteiger partial charge in [-0.3, -0.25) is 14.5 Å². The third kappa shape index (κ3) is 5.74. The van der Waals surface area contributed by atoms with Crippen molar-refractivity contribution in [2.75, 3.05) is 25.5 Å². The molecule has 6 heteroatoms. The number of thiophene rings is 1.